The molecule has 0 saturated heterocycles. The van der Waals surface area contributed by atoms with Crippen molar-refractivity contribution in [3.8, 4) is 0 Å². The second-order valence-corrected chi connectivity index (χ2v) is 4.73. The zero-order valence-electron chi connectivity index (χ0n) is 10.6. The van der Waals surface area contributed by atoms with Crippen LogP contribution < -0.4 is 11.1 Å². The van der Waals surface area contributed by atoms with Gasteiger partial charge in [-0.15, -0.1) is 0 Å². The molecule has 106 valence electrons. The highest BCUT2D eigenvalue weighted by atomic mass is 35.5. The summed E-state index contributed by atoms with van der Waals surface area (Å²) in [6.07, 6.45) is 2.80. The highest BCUT2D eigenvalue weighted by Gasteiger charge is 2.19. The summed E-state index contributed by atoms with van der Waals surface area (Å²) >= 11 is 11.6. The van der Waals surface area contributed by atoms with Gasteiger partial charge in [0.25, 0.3) is 5.91 Å². The van der Waals surface area contributed by atoms with Crippen molar-refractivity contribution in [2.24, 2.45) is 0 Å². The number of nitrogens with zero attached hydrogens (tertiary/aromatic N) is 3. The fraction of sp³-hybridized carbons (Fsp3) is 0.273. The first kappa shape index (κ1) is 14.5. The van der Waals surface area contributed by atoms with Gasteiger partial charge in [-0.25, -0.2) is 9.97 Å². The maximum atomic E-state index is 12.1. The number of amides is 1. The summed E-state index contributed by atoms with van der Waals surface area (Å²) in [6.45, 7) is 2.00. The van der Waals surface area contributed by atoms with Crippen molar-refractivity contribution >= 4 is 40.6 Å². The molecule has 4 N–H and O–H groups in total. The Labute approximate surface area is 124 Å². The number of nitrogens with two attached hydrogens (primary N) is 1. The van der Waals surface area contributed by atoms with E-state index in [1.807, 2.05) is 6.92 Å². The lowest BCUT2D eigenvalue weighted by atomic mass is 10.2. The van der Waals surface area contributed by atoms with Gasteiger partial charge in [-0.05, 0) is 6.42 Å². The summed E-state index contributed by atoms with van der Waals surface area (Å²) in [5.41, 5.74) is 7.01. The number of carbonyl (C=O) groups excluding carboxylic acids is 1. The van der Waals surface area contributed by atoms with E-state index in [0.29, 0.717) is 12.1 Å². The Morgan fingerprint density at radius 2 is 2.20 bits per heavy atom. The van der Waals surface area contributed by atoms with Crippen LogP contribution in [0, 0.1) is 0 Å². The molecule has 0 fully saturated rings. The first-order valence-electron chi connectivity index (χ1n) is 5.84. The van der Waals surface area contributed by atoms with Gasteiger partial charge in [0.1, 0.15) is 11.3 Å². The van der Waals surface area contributed by atoms with Gasteiger partial charge in [-0.3, -0.25) is 9.89 Å². The van der Waals surface area contributed by atoms with Crippen LogP contribution >= 0.6 is 23.2 Å². The Morgan fingerprint density at radius 3 is 2.90 bits per heavy atom. The summed E-state index contributed by atoms with van der Waals surface area (Å²) in [7, 11) is 0. The molecule has 9 heteroatoms. The number of nitrogen functional groups attached to an aromatic ring is 1. The standard InChI is InChI=1S/C11H12Cl2N6O/c1-2-3-5-7(14)8(19-18-5)11(20)17-10-6(12)9(13)15-4-16-10/h4H,2-3,14H2,1H3,(H,18,19)(H,15,16,17,20). The predicted octanol–water partition coefficient (Wildman–Crippen LogP) is 2.29. The lowest BCUT2D eigenvalue weighted by Gasteiger charge is -2.05. The van der Waals surface area contributed by atoms with Crippen LogP contribution in [0.15, 0.2) is 6.33 Å². The normalized spacial score (nSPS) is 10.6. The minimum absolute atomic E-state index is 0.0543. The number of nitrogens with one attached hydrogen (secondary N) is 2. The third-order valence-electron chi connectivity index (χ3n) is 2.58. The second-order valence-electron chi connectivity index (χ2n) is 4.00. The molecule has 0 spiro atoms. The summed E-state index contributed by atoms with van der Waals surface area (Å²) in [4.78, 5) is 19.6. The molecule has 20 heavy (non-hydrogen) atoms. The topological polar surface area (TPSA) is 110 Å². The zero-order chi connectivity index (χ0) is 14.7. The molecule has 0 aliphatic heterocycles. The van der Waals surface area contributed by atoms with Crippen LogP contribution in [-0.2, 0) is 6.42 Å². The quantitative estimate of drug-likeness (QED) is 0.750. The molecule has 0 aromatic carbocycles. The monoisotopic (exact) mass is 314 g/mol. The van der Waals surface area contributed by atoms with E-state index in [1.165, 1.54) is 6.33 Å². The Balaban J connectivity index is 2.22. The number of aromatic amines is 1. The number of hydrogen-bond donors (Lipinski definition) is 3. The third kappa shape index (κ3) is 2.83. The molecule has 1 amide bonds. The Hall–Kier alpha value is -1.86. The minimum atomic E-state index is -0.516. The maximum absolute atomic E-state index is 12.1. The van der Waals surface area contributed by atoms with Crippen molar-refractivity contribution in [1.82, 2.24) is 20.2 Å². The van der Waals surface area contributed by atoms with Gasteiger partial charge in [-0.1, -0.05) is 36.5 Å². The first-order valence-corrected chi connectivity index (χ1v) is 6.60. The van der Waals surface area contributed by atoms with Crippen LogP contribution in [0.5, 0.6) is 0 Å². The second kappa shape index (κ2) is 6.06. The van der Waals surface area contributed by atoms with Gasteiger partial charge >= 0.3 is 0 Å². The molecular weight excluding hydrogens is 303 g/mol. The molecule has 0 saturated carbocycles. The van der Waals surface area contributed by atoms with Gasteiger partial charge in [0.05, 0.1) is 11.4 Å². The summed E-state index contributed by atoms with van der Waals surface area (Å²) in [5, 5.41) is 9.25. The highest BCUT2D eigenvalue weighted by molar-refractivity contribution is 6.43. The molecule has 2 aromatic rings. The lowest BCUT2D eigenvalue weighted by molar-refractivity contribution is 0.102. The number of aryl methyl sites for hydroxylation is 1. The number of H-pyrrole nitrogens is 1. The van der Waals surface area contributed by atoms with Gasteiger partial charge < -0.3 is 11.1 Å². The van der Waals surface area contributed by atoms with Crippen molar-refractivity contribution in [3.63, 3.8) is 0 Å². The molecule has 2 aromatic heterocycles. The van der Waals surface area contributed by atoms with Crippen LogP contribution in [0.1, 0.15) is 29.5 Å². The van der Waals surface area contributed by atoms with E-state index in [1.54, 1.807) is 0 Å². The van der Waals surface area contributed by atoms with Gasteiger partial charge in [-0.2, -0.15) is 5.10 Å². The van der Waals surface area contributed by atoms with E-state index >= 15 is 0 Å². The molecule has 0 bridgehead atoms. The SMILES string of the molecule is CCCc1[nH]nc(C(=O)Nc2ncnc(Cl)c2Cl)c1N. The fourth-order valence-corrected chi connectivity index (χ4v) is 1.88. The number of anilines is 2. The van der Waals surface area contributed by atoms with Crippen molar-refractivity contribution in [2.45, 2.75) is 19.8 Å². The minimum Gasteiger partial charge on any atom is -0.395 e. The molecule has 0 radical (unpaired) electrons. The van der Waals surface area contributed by atoms with E-state index in [0.717, 1.165) is 12.1 Å². The number of carbonyl (C=O) groups is 1. The largest absolute Gasteiger partial charge is 0.395 e. The van der Waals surface area contributed by atoms with Gasteiger partial charge in [0.2, 0.25) is 0 Å². The zero-order valence-corrected chi connectivity index (χ0v) is 12.1. The predicted molar refractivity (Wildman–Crippen MR) is 77.0 cm³/mol. The van der Waals surface area contributed by atoms with E-state index in [2.05, 4.69) is 25.5 Å². The Morgan fingerprint density at radius 1 is 1.45 bits per heavy atom. The van der Waals surface area contributed by atoms with Crippen LogP contribution in [0.3, 0.4) is 0 Å². The number of halogens is 2. The van der Waals surface area contributed by atoms with Crippen molar-refractivity contribution in [1.29, 1.82) is 0 Å². The molecule has 0 aliphatic rings. The molecule has 0 atom stereocenters. The van der Waals surface area contributed by atoms with Crippen LogP contribution in [0.25, 0.3) is 0 Å². The first-order chi connectivity index (χ1) is 9.54. The van der Waals surface area contributed by atoms with Crippen molar-refractivity contribution in [2.75, 3.05) is 11.1 Å². The smallest absolute Gasteiger partial charge is 0.279 e. The van der Waals surface area contributed by atoms with Crippen molar-refractivity contribution in [3.05, 3.63) is 27.9 Å². The summed E-state index contributed by atoms with van der Waals surface area (Å²) in [5.74, 6) is -0.408. The molecule has 2 heterocycles. The van der Waals surface area contributed by atoms with Gasteiger partial charge in [0, 0.05) is 0 Å². The Kier molecular flexibility index (Phi) is 4.41. The summed E-state index contributed by atoms with van der Waals surface area (Å²) in [6, 6.07) is 0. The van der Waals surface area contributed by atoms with E-state index < -0.39 is 5.91 Å². The summed E-state index contributed by atoms with van der Waals surface area (Å²) < 4.78 is 0. The van der Waals surface area contributed by atoms with E-state index in [-0.39, 0.29) is 21.7 Å². The fourth-order valence-electron chi connectivity index (χ4n) is 1.60. The van der Waals surface area contributed by atoms with E-state index in [4.69, 9.17) is 28.9 Å². The number of rotatable bonds is 4. The number of aromatic nitrogens is 4. The molecular formula is C11H12Cl2N6O. The average Bonchev–Trinajstić information content (AvgIpc) is 2.77. The van der Waals surface area contributed by atoms with Gasteiger partial charge in [0.15, 0.2) is 16.7 Å². The highest BCUT2D eigenvalue weighted by Crippen LogP contribution is 2.26. The molecule has 2 rings (SSSR count). The number of hydrogen-bond acceptors (Lipinski definition) is 5. The average molecular weight is 315 g/mol. The van der Waals surface area contributed by atoms with Crippen LogP contribution in [0.2, 0.25) is 10.2 Å². The molecule has 0 aliphatic carbocycles. The van der Waals surface area contributed by atoms with Crippen LogP contribution in [0.4, 0.5) is 11.5 Å². The lowest BCUT2D eigenvalue weighted by Crippen LogP contribution is -2.15. The van der Waals surface area contributed by atoms with E-state index in [9.17, 15) is 4.79 Å². The van der Waals surface area contributed by atoms with Crippen molar-refractivity contribution < 1.29 is 4.79 Å². The maximum Gasteiger partial charge on any atom is 0.279 e. The van der Waals surface area contributed by atoms with Crippen LogP contribution in [-0.4, -0.2) is 26.1 Å². The molecule has 7 nitrogen and oxygen atoms in total. The Bertz CT molecular complexity index is 642. The molecule has 0 unspecified atom stereocenters. The third-order valence-corrected chi connectivity index (χ3v) is 3.32.